The van der Waals surface area contributed by atoms with Crippen LogP contribution in [0.5, 0.6) is 0 Å². The summed E-state index contributed by atoms with van der Waals surface area (Å²) in [4.78, 5) is 23.8. The van der Waals surface area contributed by atoms with E-state index in [0.717, 1.165) is 18.6 Å². The van der Waals surface area contributed by atoms with Crippen LogP contribution in [0.15, 0.2) is 0 Å². The van der Waals surface area contributed by atoms with Gasteiger partial charge in [-0.15, -0.1) is 0 Å². The van der Waals surface area contributed by atoms with E-state index in [4.69, 9.17) is 0 Å². The fraction of sp³-hybridized carbons (Fsp3) is 0.920. The van der Waals surface area contributed by atoms with Gasteiger partial charge in [-0.25, -0.2) is 8.42 Å². The van der Waals surface area contributed by atoms with E-state index in [9.17, 15) is 22.6 Å². The third-order valence-corrected chi connectivity index (χ3v) is 11.4. The maximum Gasteiger partial charge on any atom is 0.181 e. The molecule has 2 rings (SSSR count). The molecule has 0 radical (unpaired) electrons. The van der Waals surface area contributed by atoms with E-state index in [1.54, 1.807) is 6.92 Å². The molecule has 5 nitrogen and oxygen atoms in total. The van der Waals surface area contributed by atoms with Gasteiger partial charge in [-0.3, -0.25) is 9.59 Å². The van der Waals surface area contributed by atoms with E-state index in [1.807, 2.05) is 13.8 Å². The minimum Gasteiger partial charge on any atom is -0.747 e. The average Bonchev–Trinajstić information content (AvgIpc) is 3.02. The van der Waals surface area contributed by atoms with Gasteiger partial charge in [-0.1, -0.05) is 67.2 Å². The molecule has 7 heteroatoms. The molecule has 0 aromatic carbocycles. The molecule has 2 saturated carbocycles. The van der Waals surface area contributed by atoms with Crippen LogP contribution in [0.2, 0.25) is 0 Å². The molecule has 0 spiro atoms. The molecule has 0 aromatic rings. The predicted molar refractivity (Wildman–Crippen MR) is 134 cm³/mol. The van der Waals surface area contributed by atoms with Gasteiger partial charge < -0.3 is 4.55 Å². The molecule has 0 heterocycles. The number of unbranched alkanes of at least 4 members (excludes halogenated alkanes) is 4. The van der Waals surface area contributed by atoms with Crippen LogP contribution >= 0.6 is 0 Å². The Bertz CT molecular complexity index is 708. The number of carbonyl (C=O) groups excluding carboxylic acids is 2. The minimum atomic E-state index is -4.49. The van der Waals surface area contributed by atoms with Crippen molar-refractivity contribution in [1.29, 1.82) is 0 Å². The number of hydrogen-bond donors (Lipinski definition) is 0. The number of Topliss-reactive ketones (excluding diaryl/α,β-unsaturated/α-hetero) is 2. The zero-order valence-electron chi connectivity index (χ0n) is 21.2. The first-order valence-electron chi connectivity index (χ1n) is 12.5. The number of ketones is 2. The lowest BCUT2D eigenvalue weighted by Gasteiger charge is -2.32. The van der Waals surface area contributed by atoms with Crippen LogP contribution in [0, 0.1) is 16.7 Å². The number of hydrogen-bond acceptors (Lipinski definition) is 5. The summed E-state index contributed by atoms with van der Waals surface area (Å²) in [5.41, 5.74) is -0.994. The molecule has 0 amide bonds. The predicted octanol–water partition coefficient (Wildman–Crippen LogP) is 5.28. The summed E-state index contributed by atoms with van der Waals surface area (Å²) < 4.78 is 33.3. The highest BCUT2D eigenvalue weighted by molar-refractivity contribution is 7.97. The molecule has 2 fully saturated rings. The van der Waals surface area contributed by atoms with E-state index in [0.29, 0.717) is 29.5 Å². The summed E-state index contributed by atoms with van der Waals surface area (Å²) in [6, 6.07) is 0. The molecule has 0 aromatic heterocycles. The van der Waals surface area contributed by atoms with Crippen molar-refractivity contribution in [1.82, 2.24) is 0 Å². The minimum absolute atomic E-state index is 0.294. The van der Waals surface area contributed by atoms with Gasteiger partial charge in [0.1, 0.15) is 26.9 Å². The van der Waals surface area contributed by atoms with E-state index in [2.05, 4.69) is 20.8 Å². The van der Waals surface area contributed by atoms with Gasteiger partial charge in [0.2, 0.25) is 0 Å². The van der Waals surface area contributed by atoms with Gasteiger partial charge in [-0.2, -0.15) is 0 Å². The topological polar surface area (TPSA) is 91.3 Å². The van der Waals surface area contributed by atoms with Crippen LogP contribution in [0.25, 0.3) is 0 Å². The van der Waals surface area contributed by atoms with Crippen molar-refractivity contribution in [2.24, 2.45) is 16.7 Å². The Balaban J connectivity index is 0.000000321. The molecule has 0 N–H and O–H groups in total. The lowest BCUT2D eigenvalue weighted by molar-refractivity contribution is -0.128. The van der Waals surface area contributed by atoms with Crippen molar-refractivity contribution in [2.45, 2.75) is 111 Å². The SMILES string of the molecule is CC12CCC(C(S(=O)(=O)[O-])C1=O)C2(C)C.CCCCCC(=O)C[S+](CCCC)CCCC. The maximum atomic E-state index is 12.0. The standard InChI is InChI=1S/C15H31OS.C10H16O4S/c1-4-7-10-11-15(16)14-17(12-8-5-2)13-9-6-3;1-9(2)6-4-5-10(9,3)8(11)7(6)15(12,13)14/h4-14H2,1-3H3;6-7H,4-5H2,1-3H3,(H,12,13,14)/q+1;/p-1. The van der Waals surface area contributed by atoms with Crippen molar-refractivity contribution in [3.05, 3.63) is 0 Å². The molecule has 0 saturated heterocycles. The highest BCUT2D eigenvalue weighted by Gasteiger charge is 2.67. The average molecular weight is 491 g/mol. The van der Waals surface area contributed by atoms with E-state index in [1.165, 1.54) is 50.0 Å². The van der Waals surface area contributed by atoms with Crippen LogP contribution < -0.4 is 0 Å². The summed E-state index contributed by atoms with van der Waals surface area (Å²) in [6.07, 6.45) is 10.9. The van der Waals surface area contributed by atoms with Crippen molar-refractivity contribution in [2.75, 3.05) is 17.3 Å². The molecular weight excluding hydrogens is 444 g/mol. The Labute approximate surface area is 200 Å². The summed E-state index contributed by atoms with van der Waals surface area (Å²) >= 11 is 0. The van der Waals surface area contributed by atoms with Gasteiger partial charge in [0.15, 0.2) is 17.3 Å². The first-order valence-corrected chi connectivity index (χ1v) is 15.7. The van der Waals surface area contributed by atoms with Crippen molar-refractivity contribution in [3.63, 3.8) is 0 Å². The smallest absolute Gasteiger partial charge is 0.181 e. The highest BCUT2D eigenvalue weighted by atomic mass is 32.2. The maximum absolute atomic E-state index is 12.0. The Morgan fingerprint density at radius 1 is 1.00 bits per heavy atom. The molecule has 3 atom stereocenters. The molecule has 188 valence electrons. The first-order chi connectivity index (χ1) is 14.9. The van der Waals surface area contributed by atoms with Crippen LogP contribution in [0.1, 0.15) is 106 Å². The largest absolute Gasteiger partial charge is 0.747 e. The molecule has 0 aliphatic heterocycles. The van der Waals surface area contributed by atoms with E-state index in [-0.39, 0.29) is 17.1 Å². The zero-order valence-corrected chi connectivity index (χ0v) is 22.8. The third kappa shape index (κ3) is 7.30. The summed E-state index contributed by atoms with van der Waals surface area (Å²) in [6.45, 7) is 12.3. The number of fused-ring (bicyclic) bond motifs is 2. The summed E-state index contributed by atoms with van der Waals surface area (Å²) in [5, 5.41) is -1.30. The second kappa shape index (κ2) is 12.9. The Kier molecular flexibility index (Phi) is 11.9. The second-order valence-electron chi connectivity index (χ2n) is 10.3. The molecule has 2 aliphatic carbocycles. The van der Waals surface area contributed by atoms with Gasteiger partial charge in [0, 0.05) is 11.8 Å². The van der Waals surface area contributed by atoms with Crippen LogP contribution in [-0.2, 0) is 30.6 Å². The van der Waals surface area contributed by atoms with E-state index >= 15 is 0 Å². The molecular formula is C25H46O5S2. The Hall–Kier alpha value is -0.400. The Morgan fingerprint density at radius 3 is 1.91 bits per heavy atom. The number of rotatable bonds is 13. The fourth-order valence-corrected chi connectivity index (χ4v) is 9.04. The van der Waals surface area contributed by atoms with Gasteiger partial charge in [0.25, 0.3) is 0 Å². The van der Waals surface area contributed by atoms with E-state index < -0.39 is 20.8 Å². The summed E-state index contributed by atoms with van der Waals surface area (Å²) in [7, 11) is -4.10. The normalized spacial score (nSPS) is 26.3. The highest BCUT2D eigenvalue weighted by Crippen LogP contribution is 2.64. The van der Waals surface area contributed by atoms with Crippen molar-refractivity contribution < 1.29 is 22.6 Å². The van der Waals surface area contributed by atoms with Crippen LogP contribution in [-0.4, -0.2) is 47.0 Å². The van der Waals surface area contributed by atoms with Crippen molar-refractivity contribution >= 4 is 32.6 Å². The lowest BCUT2D eigenvalue weighted by Crippen LogP contribution is -2.38. The quantitative estimate of drug-likeness (QED) is 0.199. The Morgan fingerprint density at radius 2 is 1.53 bits per heavy atom. The molecule has 32 heavy (non-hydrogen) atoms. The molecule has 3 unspecified atom stereocenters. The van der Waals surface area contributed by atoms with Gasteiger partial charge in [0.05, 0.1) is 0 Å². The second-order valence-corrected chi connectivity index (χ2v) is 14.2. The summed E-state index contributed by atoms with van der Waals surface area (Å²) in [5.74, 6) is 3.32. The third-order valence-electron chi connectivity index (χ3n) is 7.78. The monoisotopic (exact) mass is 490 g/mol. The molecule has 2 aliphatic rings. The van der Waals surface area contributed by atoms with Crippen LogP contribution in [0.3, 0.4) is 0 Å². The molecule has 2 bridgehead atoms. The number of carbonyl (C=O) groups is 2. The lowest BCUT2D eigenvalue weighted by atomic mass is 9.70. The first kappa shape index (κ1) is 29.6. The van der Waals surface area contributed by atoms with Crippen LogP contribution in [0.4, 0.5) is 0 Å². The van der Waals surface area contributed by atoms with Crippen molar-refractivity contribution in [3.8, 4) is 0 Å². The van der Waals surface area contributed by atoms with Gasteiger partial charge >= 0.3 is 0 Å². The van der Waals surface area contributed by atoms with Gasteiger partial charge in [-0.05, 0) is 54.3 Å². The fourth-order valence-electron chi connectivity index (χ4n) is 5.15. The zero-order chi connectivity index (χ0) is 24.6.